The van der Waals surface area contributed by atoms with E-state index in [1.807, 2.05) is 0 Å². The first kappa shape index (κ1) is 20.2. The summed E-state index contributed by atoms with van der Waals surface area (Å²) in [6.45, 7) is 0. The zero-order chi connectivity index (χ0) is 21.1. The number of aromatic amines is 1. The van der Waals surface area contributed by atoms with Crippen molar-refractivity contribution in [1.82, 2.24) is 4.98 Å². The Morgan fingerprint density at radius 1 is 1.10 bits per heavy atom. The van der Waals surface area contributed by atoms with Crippen molar-refractivity contribution in [2.24, 2.45) is 5.73 Å². The topological polar surface area (TPSA) is 112 Å². The van der Waals surface area contributed by atoms with Gasteiger partial charge in [-0.2, -0.15) is 0 Å². The zero-order valence-electron chi connectivity index (χ0n) is 14.9. The second kappa shape index (κ2) is 8.24. The number of primary amides is 1. The van der Waals surface area contributed by atoms with Gasteiger partial charge in [-0.15, -0.1) is 0 Å². The third kappa shape index (κ3) is 4.33. The van der Waals surface area contributed by atoms with E-state index in [1.165, 1.54) is 18.2 Å². The van der Waals surface area contributed by atoms with E-state index in [0.29, 0.717) is 11.1 Å². The van der Waals surface area contributed by atoms with Crippen LogP contribution in [0.4, 0.5) is 20.2 Å². The maximum atomic E-state index is 14.0. The Kier molecular flexibility index (Phi) is 5.74. The van der Waals surface area contributed by atoms with E-state index in [1.54, 1.807) is 12.1 Å². The second-order valence-electron chi connectivity index (χ2n) is 6.15. The average Bonchev–Trinajstić information content (AvgIpc) is 2.67. The normalized spacial score (nSPS) is 10.6. The van der Waals surface area contributed by atoms with Crippen LogP contribution < -0.4 is 16.6 Å². The van der Waals surface area contributed by atoms with Crippen LogP contribution in [0, 0.1) is 17.0 Å². The van der Waals surface area contributed by atoms with Crippen molar-refractivity contribution >= 4 is 34.6 Å². The van der Waals surface area contributed by atoms with Gasteiger partial charge in [-0.3, -0.25) is 15.0 Å². The number of rotatable bonds is 6. The minimum absolute atomic E-state index is 0.0302. The van der Waals surface area contributed by atoms with Crippen LogP contribution in [0.15, 0.2) is 53.5 Å². The number of aromatic nitrogens is 1. The molecule has 1 aromatic heterocycles. The molecule has 148 valence electrons. The number of hydrogen-bond acceptors (Lipinski definition) is 4. The van der Waals surface area contributed by atoms with Crippen molar-refractivity contribution in [3.05, 3.63) is 92.4 Å². The lowest BCUT2D eigenvalue weighted by molar-refractivity contribution is -0.117. The van der Waals surface area contributed by atoms with Gasteiger partial charge >= 0.3 is 0 Å². The van der Waals surface area contributed by atoms with Gasteiger partial charge < -0.3 is 16.0 Å². The first-order chi connectivity index (χ1) is 13.8. The van der Waals surface area contributed by atoms with Gasteiger partial charge in [-0.25, -0.2) is 8.78 Å². The predicted octanol–water partition coefficient (Wildman–Crippen LogP) is 3.49. The van der Waals surface area contributed by atoms with E-state index < -0.39 is 28.8 Å². The molecule has 29 heavy (non-hydrogen) atoms. The fourth-order valence-corrected chi connectivity index (χ4v) is 2.94. The number of amides is 1. The van der Waals surface area contributed by atoms with E-state index in [0.717, 1.165) is 18.3 Å². The van der Waals surface area contributed by atoms with E-state index in [-0.39, 0.29) is 28.4 Å². The SMILES string of the molecule is N=C(c1ccc(CC(N)=O)cc1)c1c(Nc2c(F)cccc2F)c(Cl)c[nH]c1=O. The minimum atomic E-state index is -0.880. The fourth-order valence-electron chi connectivity index (χ4n) is 2.74. The van der Waals surface area contributed by atoms with Gasteiger partial charge in [-0.05, 0) is 17.7 Å². The second-order valence-corrected chi connectivity index (χ2v) is 6.56. The molecule has 0 aliphatic heterocycles. The van der Waals surface area contributed by atoms with Crippen LogP contribution in [-0.2, 0) is 11.2 Å². The molecule has 0 radical (unpaired) electrons. The largest absolute Gasteiger partial charge is 0.369 e. The van der Waals surface area contributed by atoms with Gasteiger partial charge in [0.1, 0.15) is 17.3 Å². The summed E-state index contributed by atoms with van der Waals surface area (Å²) in [6.07, 6.45) is 1.20. The summed E-state index contributed by atoms with van der Waals surface area (Å²) in [5.74, 6) is -2.26. The number of para-hydroxylation sites is 1. The van der Waals surface area contributed by atoms with Crippen molar-refractivity contribution in [2.75, 3.05) is 5.32 Å². The first-order valence-electron chi connectivity index (χ1n) is 8.36. The van der Waals surface area contributed by atoms with E-state index in [2.05, 4.69) is 10.3 Å². The molecule has 0 unspecified atom stereocenters. The number of anilines is 2. The number of halogens is 3. The average molecular weight is 417 g/mol. The van der Waals surface area contributed by atoms with Crippen LogP contribution in [0.5, 0.6) is 0 Å². The summed E-state index contributed by atoms with van der Waals surface area (Å²) in [5, 5.41) is 10.9. The smallest absolute Gasteiger partial charge is 0.259 e. The van der Waals surface area contributed by atoms with Gasteiger partial charge in [0.05, 0.1) is 28.4 Å². The van der Waals surface area contributed by atoms with E-state index in [4.69, 9.17) is 22.7 Å². The van der Waals surface area contributed by atoms with Gasteiger partial charge in [-0.1, -0.05) is 41.9 Å². The predicted molar refractivity (Wildman–Crippen MR) is 107 cm³/mol. The maximum absolute atomic E-state index is 14.0. The number of benzene rings is 2. The molecule has 9 heteroatoms. The number of pyridine rings is 1. The maximum Gasteiger partial charge on any atom is 0.259 e. The van der Waals surface area contributed by atoms with Crippen LogP contribution in [-0.4, -0.2) is 16.6 Å². The van der Waals surface area contributed by atoms with Crippen LogP contribution in [0.25, 0.3) is 0 Å². The molecule has 1 heterocycles. The van der Waals surface area contributed by atoms with Crippen molar-refractivity contribution in [3.63, 3.8) is 0 Å². The summed E-state index contributed by atoms with van der Waals surface area (Å²) in [6, 6.07) is 9.56. The van der Waals surface area contributed by atoms with E-state index in [9.17, 15) is 18.4 Å². The molecule has 0 atom stereocenters. The number of hydrogen-bond donors (Lipinski definition) is 4. The highest BCUT2D eigenvalue weighted by molar-refractivity contribution is 6.34. The number of nitrogens with one attached hydrogen (secondary N) is 3. The molecule has 5 N–H and O–H groups in total. The number of carbonyl (C=O) groups is 1. The molecule has 1 amide bonds. The van der Waals surface area contributed by atoms with Gasteiger partial charge in [0.25, 0.3) is 5.56 Å². The molecule has 0 saturated carbocycles. The molecule has 3 rings (SSSR count). The Hall–Kier alpha value is -3.52. The third-order valence-electron chi connectivity index (χ3n) is 4.13. The Balaban J connectivity index is 2.05. The first-order valence-corrected chi connectivity index (χ1v) is 8.74. The van der Waals surface area contributed by atoms with Crippen molar-refractivity contribution in [2.45, 2.75) is 6.42 Å². The molecule has 2 aromatic carbocycles. The lowest BCUT2D eigenvalue weighted by Gasteiger charge is -2.15. The summed E-state index contributed by atoms with van der Waals surface area (Å²) < 4.78 is 28.1. The van der Waals surface area contributed by atoms with Crippen LogP contribution in [0.2, 0.25) is 5.02 Å². The lowest BCUT2D eigenvalue weighted by atomic mass is 10.00. The Morgan fingerprint density at radius 2 is 1.72 bits per heavy atom. The highest BCUT2D eigenvalue weighted by Crippen LogP contribution is 2.30. The molecule has 0 fully saturated rings. The molecule has 0 aliphatic carbocycles. The zero-order valence-corrected chi connectivity index (χ0v) is 15.6. The monoisotopic (exact) mass is 416 g/mol. The standard InChI is InChI=1S/C20H15ClF2N4O2/c21-12-9-26-20(29)16(18(12)27-19-13(22)2-1-3-14(19)23)17(25)11-6-4-10(5-7-11)8-15(24)28/h1-7,9,25H,8H2,(H2,24,28)(H2,26,27,29). The summed E-state index contributed by atoms with van der Waals surface area (Å²) >= 11 is 6.14. The number of carbonyl (C=O) groups excluding carboxylic acids is 1. The Bertz CT molecular complexity index is 1140. The third-order valence-corrected chi connectivity index (χ3v) is 4.43. The molecule has 0 saturated heterocycles. The number of nitrogens with two attached hydrogens (primary N) is 1. The van der Waals surface area contributed by atoms with Crippen LogP contribution >= 0.6 is 11.6 Å². The van der Waals surface area contributed by atoms with Gasteiger partial charge in [0.15, 0.2) is 0 Å². The summed E-state index contributed by atoms with van der Waals surface area (Å²) in [5.41, 5.74) is 4.45. The molecule has 0 bridgehead atoms. The minimum Gasteiger partial charge on any atom is -0.369 e. The quantitative estimate of drug-likeness (QED) is 0.461. The van der Waals surface area contributed by atoms with Gasteiger partial charge in [0, 0.05) is 11.8 Å². The Morgan fingerprint density at radius 3 is 2.31 bits per heavy atom. The molecular formula is C20H15ClF2N4O2. The Labute approximate surface area is 168 Å². The highest BCUT2D eigenvalue weighted by Gasteiger charge is 2.20. The number of H-pyrrole nitrogens is 1. The van der Waals surface area contributed by atoms with Crippen molar-refractivity contribution in [3.8, 4) is 0 Å². The van der Waals surface area contributed by atoms with Crippen molar-refractivity contribution < 1.29 is 13.6 Å². The molecule has 0 aliphatic rings. The van der Waals surface area contributed by atoms with Gasteiger partial charge in [0.2, 0.25) is 5.91 Å². The van der Waals surface area contributed by atoms with Crippen LogP contribution in [0.3, 0.4) is 0 Å². The molecule has 3 aromatic rings. The lowest BCUT2D eigenvalue weighted by Crippen LogP contribution is -2.21. The summed E-state index contributed by atoms with van der Waals surface area (Å²) in [7, 11) is 0. The molecular weight excluding hydrogens is 402 g/mol. The van der Waals surface area contributed by atoms with Crippen molar-refractivity contribution in [1.29, 1.82) is 5.41 Å². The molecule has 6 nitrogen and oxygen atoms in total. The highest BCUT2D eigenvalue weighted by atomic mass is 35.5. The summed E-state index contributed by atoms with van der Waals surface area (Å²) in [4.78, 5) is 25.8. The molecule has 0 spiro atoms. The van der Waals surface area contributed by atoms with E-state index >= 15 is 0 Å². The fraction of sp³-hybridized carbons (Fsp3) is 0.0500. The van der Waals surface area contributed by atoms with Crippen LogP contribution in [0.1, 0.15) is 16.7 Å².